The van der Waals surface area contributed by atoms with Crippen LogP contribution in [0.5, 0.6) is 0 Å². The first-order valence-electron chi connectivity index (χ1n) is 8.61. The number of nitrogens with two attached hydrogens (primary N) is 1. The Bertz CT molecular complexity index is 842. The lowest BCUT2D eigenvalue weighted by Crippen LogP contribution is -2.50. The van der Waals surface area contributed by atoms with Crippen LogP contribution in [-0.2, 0) is 16.1 Å². The fourth-order valence-electron chi connectivity index (χ4n) is 3.05. The molecule has 5 nitrogen and oxygen atoms in total. The number of hydrogen-bond donors (Lipinski definition) is 2. The molecule has 5 heteroatoms. The summed E-state index contributed by atoms with van der Waals surface area (Å²) in [5.41, 5.74) is 8.04. The van der Waals surface area contributed by atoms with Gasteiger partial charge in [-0.15, -0.1) is 0 Å². The van der Waals surface area contributed by atoms with Crippen LogP contribution in [0.15, 0.2) is 66.4 Å². The third-order valence-corrected chi connectivity index (χ3v) is 4.65. The summed E-state index contributed by atoms with van der Waals surface area (Å²) in [7, 11) is 0. The summed E-state index contributed by atoms with van der Waals surface area (Å²) < 4.78 is 0. The van der Waals surface area contributed by atoms with Crippen molar-refractivity contribution in [1.82, 2.24) is 10.2 Å². The van der Waals surface area contributed by atoms with Gasteiger partial charge in [-0.25, -0.2) is 0 Å². The van der Waals surface area contributed by atoms with Crippen molar-refractivity contribution in [3.63, 3.8) is 0 Å². The lowest BCUT2D eigenvalue weighted by molar-refractivity contribution is -0.124. The number of nitrogens with zero attached hydrogens (tertiary/aromatic N) is 1. The van der Waals surface area contributed by atoms with Crippen LogP contribution in [0.1, 0.15) is 25.0 Å². The largest absolute Gasteiger partial charge is 0.356 e. The van der Waals surface area contributed by atoms with Crippen molar-refractivity contribution in [1.29, 1.82) is 0 Å². The van der Waals surface area contributed by atoms with Crippen molar-refractivity contribution in [2.45, 2.75) is 25.9 Å². The minimum absolute atomic E-state index is 0.340. The highest BCUT2D eigenvalue weighted by molar-refractivity contribution is 6.35. The number of carbonyl (C=O) groups excluding carboxylic acids is 2. The van der Waals surface area contributed by atoms with Gasteiger partial charge in [0.2, 0.25) is 0 Å². The van der Waals surface area contributed by atoms with Crippen LogP contribution in [0.2, 0.25) is 0 Å². The van der Waals surface area contributed by atoms with E-state index < -0.39 is 5.54 Å². The molecule has 1 aliphatic rings. The van der Waals surface area contributed by atoms with Crippen molar-refractivity contribution in [3.8, 4) is 0 Å². The lowest BCUT2D eigenvalue weighted by Gasteiger charge is -2.40. The zero-order valence-corrected chi connectivity index (χ0v) is 15.0. The number of benzene rings is 2. The van der Waals surface area contributed by atoms with E-state index in [9.17, 15) is 9.59 Å². The average Bonchev–Trinajstić information content (AvgIpc) is 2.94. The molecule has 0 fully saturated rings. The fourth-order valence-corrected chi connectivity index (χ4v) is 3.05. The van der Waals surface area contributed by atoms with E-state index in [0.29, 0.717) is 24.4 Å². The van der Waals surface area contributed by atoms with Gasteiger partial charge in [-0.05, 0) is 25.0 Å². The molecule has 0 aromatic heterocycles. The Morgan fingerprint density at radius 1 is 0.923 bits per heavy atom. The summed E-state index contributed by atoms with van der Waals surface area (Å²) in [6.07, 6.45) is 0. The second-order valence-corrected chi connectivity index (χ2v) is 6.96. The molecule has 0 unspecified atom stereocenters. The molecule has 0 saturated carbocycles. The van der Waals surface area contributed by atoms with Gasteiger partial charge < -0.3 is 10.6 Å². The molecule has 2 aromatic carbocycles. The minimum Gasteiger partial charge on any atom is -0.356 e. The summed E-state index contributed by atoms with van der Waals surface area (Å²) in [5, 5.41) is 2.44. The first kappa shape index (κ1) is 17.9. The maximum absolute atomic E-state index is 12.7. The minimum atomic E-state index is -0.507. The molecule has 2 amide bonds. The van der Waals surface area contributed by atoms with Gasteiger partial charge in [0.15, 0.2) is 0 Å². The number of hydrogen-bond acceptors (Lipinski definition) is 4. The summed E-state index contributed by atoms with van der Waals surface area (Å²) in [6.45, 7) is 4.77. The number of imide groups is 1. The second-order valence-electron chi connectivity index (χ2n) is 6.96. The maximum atomic E-state index is 12.7. The van der Waals surface area contributed by atoms with Gasteiger partial charge in [-0.2, -0.15) is 0 Å². The molecule has 1 aliphatic heterocycles. The van der Waals surface area contributed by atoms with Crippen LogP contribution in [0, 0.1) is 0 Å². The Morgan fingerprint density at radius 3 is 2.08 bits per heavy atom. The second kappa shape index (κ2) is 7.14. The summed E-state index contributed by atoms with van der Waals surface area (Å²) in [6, 6.07) is 19.1. The SMILES string of the molecule is CC(C)(CN)N(Cc1ccccc1)C1=C(c2ccccc2)C(=O)NC1=O. The van der Waals surface area contributed by atoms with E-state index in [0.717, 1.165) is 11.1 Å². The maximum Gasteiger partial charge on any atom is 0.275 e. The standard InChI is InChI=1S/C21H23N3O2/c1-21(2,14-22)24(13-15-9-5-3-6-10-15)18-17(19(25)23-20(18)26)16-11-7-4-8-12-16/h3-12H,13-14,22H2,1-2H3,(H,23,25,26). The predicted molar refractivity (Wildman–Crippen MR) is 102 cm³/mol. The number of amides is 2. The first-order valence-corrected chi connectivity index (χ1v) is 8.61. The van der Waals surface area contributed by atoms with E-state index in [-0.39, 0.29) is 11.8 Å². The highest BCUT2D eigenvalue weighted by atomic mass is 16.2. The molecule has 0 radical (unpaired) electrons. The Labute approximate surface area is 153 Å². The monoisotopic (exact) mass is 349 g/mol. The Balaban J connectivity index is 2.15. The molecular formula is C21H23N3O2. The van der Waals surface area contributed by atoms with E-state index in [2.05, 4.69) is 5.32 Å². The number of rotatable bonds is 6. The molecule has 26 heavy (non-hydrogen) atoms. The van der Waals surface area contributed by atoms with Crippen molar-refractivity contribution in [2.75, 3.05) is 6.54 Å². The smallest absolute Gasteiger partial charge is 0.275 e. The molecule has 2 aromatic rings. The third-order valence-electron chi connectivity index (χ3n) is 4.65. The van der Waals surface area contributed by atoms with Crippen LogP contribution >= 0.6 is 0 Å². The molecule has 134 valence electrons. The van der Waals surface area contributed by atoms with E-state index >= 15 is 0 Å². The van der Waals surface area contributed by atoms with Crippen LogP contribution in [0.25, 0.3) is 5.57 Å². The summed E-state index contributed by atoms with van der Waals surface area (Å²) >= 11 is 0. The molecule has 0 saturated heterocycles. The molecule has 3 N–H and O–H groups in total. The van der Waals surface area contributed by atoms with E-state index in [1.807, 2.05) is 79.4 Å². The number of nitrogens with one attached hydrogen (secondary N) is 1. The highest BCUT2D eigenvalue weighted by Gasteiger charge is 2.39. The van der Waals surface area contributed by atoms with Crippen molar-refractivity contribution in [2.24, 2.45) is 5.73 Å². The van der Waals surface area contributed by atoms with Gasteiger partial charge in [0, 0.05) is 18.6 Å². The fraction of sp³-hybridized carbons (Fsp3) is 0.238. The van der Waals surface area contributed by atoms with Gasteiger partial charge in [-0.1, -0.05) is 60.7 Å². The van der Waals surface area contributed by atoms with Crippen molar-refractivity contribution in [3.05, 3.63) is 77.5 Å². The molecule has 0 aliphatic carbocycles. The van der Waals surface area contributed by atoms with Crippen molar-refractivity contribution < 1.29 is 9.59 Å². The molecule has 3 rings (SSSR count). The molecule has 1 heterocycles. The van der Waals surface area contributed by atoms with Gasteiger partial charge in [-0.3, -0.25) is 14.9 Å². The van der Waals surface area contributed by atoms with E-state index in [1.54, 1.807) is 0 Å². The van der Waals surface area contributed by atoms with E-state index in [1.165, 1.54) is 0 Å². The Morgan fingerprint density at radius 2 is 1.50 bits per heavy atom. The first-order chi connectivity index (χ1) is 12.4. The third kappa shape index (κ3) is 3.39. The topological polar surface area (TPSA) is 75.4 Å². The van der Waals surface area contributed by atoms with Gasteiger partial charge in [0.1, 0.15) is 5.70 Å². The van der Waals surface area contributed by atoms with Gasteiger partial charge in [0.05, 0.1) is 5.57 Å². The molecular weight excluding hydrogens is 326 g/mol. The predicted octanol–water partition coefficient (Wildman–Crippen LogP) is 2.29. The highest BCUT2D eigenvalue weighted by Crippen LogP contribution is 2.32. The lowest BCUT2D eigenvalue weighted by atomic mass is 9.97. The normalized spacial score (nSPS) is 14.6. The zero-order valence-electron chi connectivity index (χ0n) is 15.0. The van der Waals surface area contributed by atoms with Crippen molar-refractivity contribution >= 4 is 17.4 Å². The van der Waals surface area contributed by atoms with Gasteiger partial charge in [0.25, 0.3) is 11.8 Å². The molecule has 0 atom stereocenters. The van der Waals surface area contributed by atoms with Crippen LogP contribution < -0.4 is 11.1 Å². The van der Waals surface area contributed by atoms with Crippen LogP contribution in [0.4, 0.5) is 0 Å². The quantitative estimate of drug-likeness (QED) is 0.785. The van der Waals surface area contributed by atoms with Gasteiger partial charge >= 0.3 is 0 Å². The summed E-state index contributed by atoms with van der Waals surface area (Å²) in [4.78, 5) is 27.1. The summed E-state index contributed by atoms with van der Waals surface area (Å²) in [5.74, 6) is -0.756. The Hall–Kier alpha value is -2.92. The average molecular weight is 349 g/mol. The molecule has 0 bridgehead atoms. The van der Waals surface area contributed by atoms with E-state index in [4.69, 9.17) is 5.73 Å². The number of carbonyl (C=O) groups is 2. The Kier molecular flexibility index (Phi) is 4.91. The zero-order chi connectivity index (χ0) is 18.7. The molecule has 0 spiro atoms. The van der Waals surface area contributed by atoms with Crippen LogP contribution in [-0.4, -0.2) is 28.8 Å². The van der Waals surface area contributed by atoms with Crippen LogP contribution in [0.3, 0.4) is 0 Å².